The Hall–Kier alpha value is -0.960. The molecular weight excluding hydrogens is 232 g/mol. The van der Waals surface area contributed by atoms with Gasteiger partial charge in [0, 0.05) is 0 Å². The predicted octanol–water partition coefficient (Wildman–Crippen LogP) is -1.81. The lowest BCUT2D eigenvalue weighted by molar-refractivity contribution is 0.186. The lowest BCUT2D eigenvalue weighted by atomic mass is 10.7. The van der Waals surface area contributed by atoms with E-state index < -0.39 is 0 Å². The second-order valence-corrected chi connectivity index (χ2v) is 2.13. The van der Waals surface area contributed by atoms with Gasteiger partial charge in [-0.15, -0.1) is 0 Å². The first-order chi connectivity index (χ1) is 8.24. The zero-order valence-electron chi connectivity index (χ0n) is 9.64. The number of hydrogen-bond acceptors (Lipinski definition) is 7. The van der Waals surface area contributed by atoms with Crippen molar-refractivity contribution in [3.63, 3.8) is 0 Å². The fourth-order valence-electron chi connectivity index (χ4n) is 0.227. The highest BCUT2D eigenvalue weighted by atomic mass is 16.3. The molecule has 1 heterocycles. The monoisotopic (exact) mass is 254 g/mol. The van der Waals surface area contributed by atoms with Gasteiger partial charge in [-0.3, -0.25) is 0 Å². The number of rotatable bonds is 3. The van der Waals surface area contributed by atoms with Gasteiger partial charge in [-0.1, -0.05) is 0 Å². The minimum absolute atomic E-state index is 0.125. The van der Waals surface area contributed by atoms with E-state index in [1.807, 2.05) is 12.1 Å². The summed E-state index contributed by atoms with van der Waals surface area (Å²) in [7, 11) is 0. The van der Waals surface area contributed by atoms with E-state index in [2.05, 4.69) is 4.42 Å². The fraction of sp³-hybridized carbons (Fsp3) is 0.600. The largest absolute Gasteiger partial charge is 0.473 e. The molecule has 0 aliphatic heterocycles. The summed E-state index contributed by atoms with van der Waals surface area (Å²) in [4.78, 5) is 0. The summed E-state index contributed by atoms with van der Waals surface area (Å²) in [5, 5.41) is 45.8. The van der Waals surface area contributed by atoms with Crippen molar-refractivity contribution >= 4 is 0 Å². The summed E-state index contributed by atoms with van der Waals surface area (Å²) in [6.45, 7) is -0.750. The molecule has 6 N–H and O–H groups in total. The normalized spacial score (nSPS) is 7.65. The topological polar surface area (TPSA) is 135 Å². The average Bonchev–Trinajstić information content (AvgIpc) is 2.98. The van der Waals surface area contributed by atoms with Gasteiger partial charge in [-0.25, -0.2) is 0 Å². The summed E-state index contributed by atoms with van der Waals surface area (Å²) in [6.07, 6.45) is 3.25. The van der Waals surface area contributed by atoms with Gasteiger partial charge in [-0.05, 0) is 12.1 Å². The van der Waals surface area contributed by atoms with Gasteiger partial charge >= 0.3 is 0 Å². The van der Waals surface area contributed by atoms with E-state index in [1.54, 1.807) is 12.5 Å². The van der Waals surface area contributed by atoms with Crippen LogP contribution in [0.1, 0.15) is 0 Å². The third-order valence-electron chi connectivity index (χ3n) is 0.725. The SMILES string of the molecule is OCCO.OCCO.OCCO.c1ccoc1. The maximum Gasteiger partial charge on any atom is 0.0902 e. The van der Waals surface area contributed by atoms with Gasteiger partial charge < -0.3 is 35.1 Å². The van der Waals surface area contributed by atoms with Crippen LogP contribution in [0.5, 0.6) is 0 Å². The maximum atomic E-state index is 7.62. The van der Waals surface area contributed by atoms with Crippen LogP contribution in [-0.4, -0.2) is 70.3 Å². The minimum atomic E-state index is -0.125. The van der Waals surface area contributed by atoms with Crippen LogP contribution < -0.4 is 0 Å². The quantitative estimate of drug-likeness (QED) is 0.374. The molecule has 7 heteroatoms. The fourth-order valence-corrected chi connectivity index (χ4v) is 0.227. The molecule has 1 rings (SSSR count). The molecule has 0 fully saturated rings. The van der Waals surface area contributed by atoms with Crippen LogP contribution in [0, 0.1) is 0 Å². The van der Waals surface area contributed by atoms with E-state index in [1.165, 1.54) is 0 Å². The van der Waals surface area contributed by atoms with Crippen LogP contribution >= 0.6 is 0 Å². The Balaban J connectivity index is -0.000000155. The molecule has 0 aliphatic rings. The maximum absolute atomic E-state index is 7.62. The van der Waals surface area contributed by atoms with E-state index >= 15 is 0 Å². The minimum Gasteiger partial charge on any atom is -0.473 e. The molecule has 0 saturated heterocycles. The average molecular weight is 254 g/mol. The van der Waals surface area contributed by atoms with Crippen LogP contribution in [0.2, 0.25) is 0 Å². The predicted molar refractivity (Wildman–Crippen MR) is 61.2 cm³/mol. The number of furan rings is 1. The van der Waals surface area contributed by atoms with E-state index in [4.69, 9.17) is 30.6 Å². The smallest absolute Gasteiger partial charge is 0.0902 e. The van der Waals surface area contributed by atoms with Crippen LogP contribution in [0.15, 0.2) is 29.1 Å². The van der Waals surface area contributed by atoms with Gasteiger partial charge in [0.25, 0.3) is 0 Å². The number of aliphatic hydroxyl groups excluding tert-OH is 6. The molecule has 0 aromatic carbocycles. The Morgan fingerprint density at radius 3 is 0.824 bits per heavy atom. The van der Waals surface area contributed by atoms with Crippen molar-refractivity contribution in [1.29, 1.82) is 0 Å². The first-order valence-corrected chi connectivity index (χ1v) is 4.87. The molecule has 0 spiro atoms. The lowest BCUT2D eigenvalue weighted by Crippen LogP contribution is -1.85. The third-order valence-corrected chi connectivity index (χ3v) is 0.725. The summed E-state index contributed by atoms with van der Waals surface area (Å²) >= 11 is 0. The van der Waals surface area contributed by atoms with Crippen LogP contribution in [0.4, 0.5) is 0 Å². The highest BCUT2D eigenvalue weighted by molar-refractivity contribution is 4.79. The van der Waals surface area contributed by atoms with E-state index in [-0.39, 0.29) is 39.6 Å². The van der Waals surface area contributed by atoms with Crippen molar-refractivity contribution in [2.24, 2.45) is 0 Å². The van der Waals surface area contributed by atoms with Crippen molar-refractivity contribution in [3.8, 4) is 0 Å². The van der Waals surface area contributed by atoms with Gasteiger partial charge in [0.2, 0.25) is 0 Å². The van der Waals surface area contributed by atoms with Crippen molar-refractivity contribution in [1.82, 2.24) is 0 Å². The number of hydrogen-bond donors (Lipinski definition) is 6. The van der Waals surface area contributed by atoms with Gasteiger partial charge in [0.1, 0.15) is 0 Å². The second kappa shape index (κ2) is 29.4. The zero-order chi connectivity index (χ0) is 13.8. The molecule has 0 aliphatic carbocycles. The molecule has 0 radical (unpaired) electrons. The third kappa shape index (κ3) is 51.6. The van der Waals surface area contributed by atoms with E-state index in [0.717, 1.165) is 0 Å². The molecule has 0 unspecified atom stereocenters. The molecule has 0 amide bonds. The molecule has 0 atom stereocenters. The van der Waals surface area contributed by atoms with Gasteiger partial charge in [-0.2, -0.15) is 0 Å². The second-order valence-electron chi connectivity index (χ2n) is 2.13. The lowest BCUT2D eigenvalue weighted by Gasteiger charge is -1.70. The molecule has 1 aromatic heterocycles. The molecule has 1 aromatic rings. The Bertz CT molecular complexity index is 123. The Labute approximate surface area is 100 Å². The summed E-state index contributed by atoms with van der Waals surface area (Å²) in [5.74, 6) is 0. The summed E-state index contributed by atoms with van der Waals surface area (Å²) < 4.78 is 4.58. The standard InChI is InChI=1S/C4H4O.3C2H6O2/c1-2-4-5-3-1;3*3-1-2-4/h1-4H;3*3-4H,1-2H2. The van der Waals surface area contributed by atoms with Gasteiger partial charge in [0.15, 0.2) is 0 Å². The van der Waals surface area contributed by atoms with E-state index in [0.29, 0.717) is 0 Å². The Morgan fingerprint density at radius 1 is 0.529 bits per heavy atom. The highest BCUT2D eigenvalue weighted by Crippen LogP contribution is 1.79. The Morgan fingerprint density at radius 2 is 0.765 bits per heavy atom. The van der Waals surface area contributed by atoms with Crippen molar-refractivity contribution in [3.05, 3.63) is 24.7 Å². The molecule has 0 saturated carbocycles. The number of aliphatic hydroxyl groups is 6. The summed E-state index contributed by atoms with van der Waals surface area (Å²) in [6, 6.07) is 3.67. The molecule has 17 heavy (non-hydrogen) atoms. The van der Waals surface area contributed by atoms with Crippen LogP contribution in [0.25, 0.3) is 0 Å². The highest BCUT2D eigenvalue weighted by Gasteiger charge is 1.59. The van der Waals surface area contributed by atoms with E-state index in [9.17, 15) is 0 Å². The molecule has 7 nitrogen and oxygen atoms in total. The van der Waals surface area contributed by atoms with Crippen LogP contribution in [0.3, 0.4) is 0 Å². The molecule has 104 valence electrons. The molecular formula is C10H22O7. The first-order valence-electron chi connectivity index (χ1n) is 4.87. The van der Waals surface area contributed by atoms with Crippen LogP contribution in [-0.2, 0) is 0 Å². The van der Waals surface area contributed by atoms with Crippen molar-refractivity contribution < 1.29 is 35.1 Å². The van der Waals surface area contributed by atoms with Crippen molar-refractivity contribution in [2.75, 3.05) is 39.6 Å². The Kier molecular flexibility index (Phi) is 36.9. The molecule has 0 bridgehead atoms. The summed E-state index contributed by atoms with van der Waals surface area (Å²) in [5.41, 5.74) is 0. The van der Waals surface area contributed by atoms with Crippen molar-refractivity contribution in [2.45, 2.75) is 0 Å². The van der Waals surface area contributed by atoms with Gasteiger partial charge in [0.05, 0.1) is 52.2 Å². The first kappa shape index (κ1) is 21.3. The zero-order valence-corrected chi connectivity index (χ0v) is 9.64.